The molecule has 13 heavy (non-hydrogen) atoms. The third-order valence-electron chi connectivity index (χ3n) is 1.60. The van der Waals surface area contributed by atoms with Crippen LogP contribution in [0.3, 0.4) is 0 Å². The van der Waals surface area contributed by atoms with Crippen LogP contribution in [0.2, 0.25) is 5.02 Å². The number of hydrogen-bond donors (Lipinski definition) is 0. The van der Waals surface area contributed by atoms with Crippen LogP contribution in [0.25, 0.3) is 11.3 Å². The van der Waals surface area contributed by atoms with E-state index in [9.17, 15) is 4.39 Å². The van der Waals surface area contributed by atoms with Crippen LogP contribution in [0.4, 0.5) is 4.39 Å². The SMILES string of the molecule is Fc1cc(-c2c[c]no2)ccc1Cl. The van der Waals surface area contributed by atoms with Gasteiger partial charge in [0.05, 0.1) is 5.02 Å². The summed E-state index contributed by atoms with van der Waals surface area (Å²) in [6.07, 6.45) is 2.49. The molecule has 65 valence electrons. The lowest BCUT2D eigenvalue weighted by Crippen LogP contribution is -1.79. The Kier molecular flexibility index (Phi) is 2.02. The fraction of sp³-hybridized carbons (Fsp3) is 0. The van der Waals surface area contributed by atoms with Crippen molar-refractivity contribution in [2.75, 3.05) is 0 Å². The van der Waals surface area contributed by atoms with Gasteiger partial charge in [-0.1, -0.05) is 16.8 Å². The predicted molar refractivity (Wildman–Crippen MR) is 45.7 cm³/mol. The maximum absolute atomic E-state index is 13.0. The van der Waals surface area contributed by atoms with Crippen molar-refractivity contribution in [3.63, 3.8) is 0 Å². The molecule has 1 aromatic heterocycles. The maximum Gasteiger partial charge on any atom is 0.167 e. The van der Waals surface area contributed by atoms with Gasteiger partial charge in [-0.2, -0.15) is 0 Å². The van der Waals surface area contributed by atoms with Crippen molar-refractivity contribution >= 4 is 11.6 Å². The van der Waals surface area contributed by atoms with Crippen molar-refractivity contribution in [2.45, 2.75) is 0 Å². The van der Waals surface area contributed by atoms with Crippen LogP contribution in [-0.2, 0) is 0 Å². The average molecular weight is 197 g/mol. The van der Waals surface area contributed by atoms with Crippen LogP contribution >= 0.6 is 11.6 Å². The van der Waals surface area contributed by atoms with E-state index in [1.165, 1.54) is 18.2 Å². The molecule has 1 heterocycles. The second-order valence-electron chi connectivity index (χ2n) is 2.45. The lowest BCUT2D eigenvalue weighted by atomic mass is 10.2. The average Bonchev–Trinajstić information content (AvgIpc) is 2.62. The first-order valence-corrected chi connectivity index (χ1v) is 3.93. The fourth-order valence-electron chi connectivity index (χ4n) is 0.972. The van der Waals surface area contributed by atoms with Gasteiger partial charge in [-0.15, -0.1) is 0 Å². The lowest BCUT2D eigenvalue weighted by Gasteiger charge is -1.96. The summed E-state index contributed by atoms with van der Waals surface area (Å²) in [5.74, 6) is -0.00821. The molecule has 2 rings (SSSR count). The zero-order valence-electron chi connectivity index (χ0n) is 6.42. The molecule has 0 amide bonds. The Bertz CT molecular complexity index is 414. The minimum Gasteiger partial charge on any atom is -0.356 e. The van der Waals surface area contributed by atoms with Crippen molar-refractivity contribution in [1.82, 2.24) is 5.16 Å². The second-order valence-corrected chi connectivity index (χ2v) is 2.86. The quantitative estimate of drug-likeness (QED) is 0.701. The van der Waals surface area contributed by atoms with Crippen molar-refractivity contribution in [2.24, 2.45) is 0 Å². The molecule has 0 saturated carbocycles. The van der Waals surface area contributed by atoms with Crippen LogP contribution in [-0.4, -0.2) is 5.16 Å². The van der Waals surface area contributed by atoms with E-state index in [2.05, 4.69) is 11.4 Å². The first-order chi connectivity index (χ1) is 6.27. The molecule has 0 saturated heterocycles. The Hall–Kier alpha value is -1.35. The Balaban J connectivity index is 2.49. The molecule has 0 spiro atoms. The van der Waals surface area contributed by atoms with Crippen molar-refractivity contribution < 1.29 is 8.91 Å². The highest BCUT2D eigenvalue weighted by Crippen LogP contribution is 2.23. The standard InChI is InChI=1S/C9H4ClFNO/c10-7-2-1-6(5-8(7)11)9-3-4-12-13-9/h1-3,5H. The smallest absolute Gasteiger partial charge is 0.167 e. The van der Waals surface area contributed by atoms with Gasteiger partial charge < -0.3 is 4.52 Å². The molecule has 0 aliphatic carbocycles. The largest absolute Gasteiger partial charge is 0.356 e. The van der Waals surface area contributed by atoms with Gasteiger partial charge in [0.15, 0.2) is 5.76 Å². The van der Waals surface area contributed by atoms with Gasteiger partial charge >= 0.3 is 0 Å². The molecule has 0 N–H and O–H groups in total. The van der Waals surface area contributed by atoms with Crippen molar-refractivity contribution in [3.05, 3.63) is 41.3 Å². The van der Waals surface area contributed by atoms with Gasteiger partial charge in [0.1, 0.15) is 12.0 Å². The second kappa shape index (κ2) is 3.18. The lowest BCUT2D eigenvalue weighted by molar-refractivity contribution is 0.430. The van der Waals surface area contributed by atoms with Crippen LogP contribution in [0, 0.1) is 12.0 Å². The number of aromatic nitrogens is 1. The van der Waals surface area contributed by atoms with Gasteiger partial charge in [-0.05, 0) is 18.2 Å². The number of rotatable bonds is 1. The molecule has 0 aliphatic rings. The molecule has 1 radical (unpaired) electrons. The number of benzene rings is 1. The third-order valence-corrected chi connectivity index (χ3v) is 1.90. The van der Waals surface area contributed by atoms with E-state index in [-0.39, 0.29) is 5.02 Å². The third kappa shape index (κ3) is 1.55. The zero-order chi connectivity index (χ0) is 9.26. The summed E-state index contributed by atoms with van der Waals surface area (Å²) in [7, 11) is 0. The topological polar surface area (TPSA) is 26.0 Å². The van der Waals surface area contributed by atoms with Crippen LogP contribution in [0.1, 0.15) is 0 Å². The molecule has 4 heteroatoms. The van der Waals surface area contributed by atoms with Crippen molar-refractivity contribution in [1.29, 1.82) is 0 Å². The molecular formula is C9H4ClFNO. The highest BCUT2D eigenvalue weighted by Gasteiger charge is 2.05. The van der Waals surface area contributed by atoms with Crippen LogP contribution in [0.15, 0.2) is 28.8 Å². The minimum atomic E-state index is -0.476. The fourth-order valence-corrected chi connectivity index (χ4v) is 1.09. The molecule has 0 bridgehead atoms. The summed E-state index contributed by atoms with van der Waals surface area (Å²) < 4.78 is 17.8. The maximum atomic E-state index is 13.0. The van der Waals surface area contributed by atoms with Gasteiger partial charge in [0, 0.05) is 11.6 Å². The van der Waals surface area contributed by atoms with E-state index < -0.39 is 5.82 Å². The summed E-state index contributed by atoms with van der Waals surface area (Å²) in [5, 5.41) is 3.49. The summed E-state index contributed by atoms with van der Waals surface area (Å²) in [6.45, 7) is 0. The summed E-state index contributed by atoms with van der Waals surface area (Å²) >= 11 is 5.51. The van der Waals surface area contributed by atoms with E-state index in [0.29, 0.717) is 11.3 Å². The van der Waals surface area contributed by atoms with Gasteiger partial charge in [-0.25, -0.2) is 4.39 Å². The molecule has 2 nitrogen and oxygen atoms in total. The molecular weight excluding hydrogens is 193 g/mol. The molecule has 0 atom stereocenters. The molecule has 0 aliphatic heterocycles. The van der Waals surface area contributed by atoms with E-state index in [0.717, 1.165) is 0 Å². The van der Waals surface area contributed by atoms with Crippen LogP contribution < -0.4 is 0 Å². The highest BCUT2D eigenvalue weighted by molar-refractivity contribution is 6.30. The summed E-state index contributed by atoms with van der Waals surface area (Å²) in [6, 6.07) is 5.94. The number of halogens is 2. The first-order valence-electron chi connectivity index (χ1n) is 3.55. The van der Waals surface area contributed by atoms with Gasteiger partial charge in [0.2, 0.25) is 0 Å². The van der Waals surface area contributed by atoms with Gasteiger partial charge in [-0.3, -0.25) is 0 Å². The molecule has 2 aromatic rings. The first kappa shape index (κ1) is 8.26. The summed E-state index contributed by atoms with van der Waals surface area (Å²) in [5.41, 5.74) is 0.593. The molecule has 1 aromatic carbocycles. The Labute approximate surface area is 78.9 Å². The zero-order valence-corrected chi connectivity index (χ0v) is 7.18. The van der Waals surface area contributed by atoms with Crippen LogP contribution in [0.5, 0.6) is 0 Å². The highest BCUT2D eigenvalue weighted by atomic mass is 35.5. The Morgan fingerprint density at radius 3 is 2.92 bits per heavy atom. The van der Waals surface area contributed by atoms with E-state index in [1.54, 1.807) is 6.07 Å². The Morgan fingerprint density at radius 1 is 1.46 bits per heavy atom. The molecule has 0 fully saturated rings. The molecule has 0 unspecified atom stereocenters. The van der Waals surface area contributed by atoms with E-state index >= 15 is 0 Å². The number of nitrogens with zero attached hydrogens (tertiary/aromatic N) is 1. The number of hydrogen-bond acceptors (Lipinski definition) is 2. The Morgan fingerprint density at radius 2 is 2.31 bits per heavy atom. The van der Waals surface area contributed by atoms with E-state index in [4.69, 9.17) is 16.1 Å². The monoisotopic (exact) mass is 196 g/mol. The van der Waals surface area contributed by atoms with E-state index in [1.807, 2.05) is 0 Å². The van der Waals surface area contributed by atoms with Gasteiger partial charge in [0.25, 0.3) is 0 Å². The minimum absolute atomic E-state index is 0.0900. The van der Waals surface area contributed by atoms with Crippen molar-refractivity contribution in [3.8, 4) is 11.3 Å². The normalized spacial score (nSPS) is 10.3. The predicted octanol–water partition coefficient (Wildman–Crippen LogP) is 2.93. The summed E-state index contributed by atoms with van der Waals surface area (Å²) in [4.78, 5) is 0.